The minimum absolute atomic E-state index is 0.836. The maximum atomic E-state index is 4.98. The molecule has 0 saturated carbocycles. The fraction of sp³-hybridized carbons (Fsp3) is 0.333. The van der Waals surface area contributed by atoms with E-state index in [1.54, 1.807) is 6.20 Å². The van der Waals surface area contributed by atoms with E-state index >= 15 is 0 Å². The fourth-order valence-corrected chi connectivity index (χ4v) is 0.773. The standard InChI is InChI=1S/C6H9NS.W/c1-3-5-6(8)7-4-2;/h4H,2-3H2,1H3,(H,7,8);. The SMILES string of the molecule is C=CNC(=S)[C](=[W])CC. The van der Waals surface area contributed by atoms with Crippen molar-refractivity contribution >= 4 is 21.1 Å². The molecule has 0 amide bonds. The van der Waals surface area contributed by atoms with Crippen molar-refractivity contribution in [3.05, 3.63) is 12.8 Å². The molecular weight excluding hydrogens is 302 g/mol. The Hall–Kier alpha value is 0.188. The third-order valence-corrected chi connectivity index (χ3v) is 3.46. The number of nitrogens with one attached hydrogen (secondary N) is 1. The van der Waals surface area contributed by atoms with E-state index in [1.807, 2.05) is 0 Å². The molecule has 0 aromatic heterocycles. The van der Waals surface area contributed by atoms with Crippen LogP contribution >= 0.6 is 12.2 Å². The fourth-order valence-electron chi connectivity index (χ4n) is 0.334. The molecule has 0 rings (SSSR count). The van der Waals surface area contributed by atoms with Crippen LogP contribution in [0.3, 0.4) is 0 Å². The first-order valence-corrected chi connectivity index (χ1v) is 4.54. The molecule has 0 saturated heterocycles. The summed E-state index contributed by atoms with van der Waals surface area (Å²) in [5.41, 5.74) is 0. The van der Waals surface area contributed by atoms with Crippen molar-refractivity contribution in [2.24, 2.45) is 0 Å². The average Bonchev–Trinajstić information content (AvgIpc) is 1.87. The Morgan fingerprint density at radius 2 is 2.44 bits per heavy atom. The third kappa shape index (κ3) is 3.71. The second kappa shape index (κ2) is 5.01. The molecule has 0 aromatic rings. The Morgan fingerprint density at radius 3 is 2.78 bits per heavy atom. The Bertz CT molecular complexity index is 142. The van der Waals surface area contributed by atoms with E-state index in [4.69, 9.17) is 12.2 Å². The molecule has 9 heavy (non-hydrogen) atoms. The van der Waals surface area contributed by atoms with Crippen LogP contribution in [-0.2, 0) is 19.4 Å². The van der Waals surface area contributed by atoms with Gasteiger partial charge in [-0.15, -0.1) is 0 Å². The van der Waals surface area contributed by atoms with Gasteiger partial charge in [0.2, 0.25) is 0 Å². The van der Waals surface area contributed by atoms with E-state index in [-0.39, 0.29) is 0 Å². The van der Waals surface area contributed by atoms with E-state index < -0.39 is 0 Å². The van der Waals surface area contributed by atoms with Crippen molar-refractivity contribution in [3.8, 4) is 0 Å². The van der Waals surface area contributed by atoms with Crippen LogP contribution in [0.2, 0.25) is 0 Å². The maximum absolute atomic E-state index is 4.98. The molecule has 0 aromatic carbocycles. The molecule has 0 aliphatic rings. The monoisotopic (exact) mass is 311 g/mol. The Labute approximate surface area is 71.9 Å². The number of hydrogen-bond acceptors (Lipinski definition) is 1. The summed E-state index contributed by atoms with van der Waals surface area (Å²) in [7, 11) is 0. The Balaban J connectivity index is 3.73. The summed E-state index contributed by atoms with van der Waals surface area (Å²) >= 11 is 6.41. The first kappa shape index (κ1) is 9.19. The molecule has 1 N–H and O–H groups in total. The van der Waals surface area contributed by atoms with E-state index in [0.29, 0.717) is 0 Å². The molecule has 0 spiro atoms. The van der Waals surface area contributed by atoms with Gasteiger partial charge >= 0.3 is 71.9 Å². The summed E-state index contributed by atoms with van der Waals surface area (Å²) < 4.78 is 1.28. The molecule has 0 radical (unpaired) electrons. The van der Waals surface area contributed by atoms with Crippen LogP contribution in [0, 0.1) is 0 Å². The number of hydrogen-bond donors (Lipinski definition) is 1. The summed E-state index contributed by atoms with van der Waals surface area (Å²) in [4.78, 5) is 0.836. The molecule has 1 nitrogen and oxygen atoms in total. The molecule has 3 heteroatoms. The second-order valence-corrected chi connectivity index (χ2v) is 3.63. The van der Waals surface area contributed by atoms with Crippen LogP contribution in [0.5, 0.6) is 0 Å². The van der Waals surface area contributed by atoms with Crippen LogP contribution in [-0.4, -0.2) is 8.89 Å². The molecule has 0 atom stereocenters. The van der Waals surface area contributed by atoms with Crippen molar-refractivity contribution in [2.75, 3.05) is 0 Å². The summed E-state index contributed by atoms with van der Waals surface area (Å²) in [5, 5.41) is 2.88. The first-order chi connectivity index (χ1) is 4.22. The molecule has 0 aliphatic heterocycles. The number of rotatable bonds is 3. The zero-order valence-electron chi connectivity index (χ0n) is 5.31. The summed E-state index contributed by atoms with van der Waals surface area (Å²) in [6, 6.07) is 0. The first-order valence-electron chi connectivity index (χ1n) is 2.67. The van der Waals surface area contributed by atoms with Gasteiger partial charge in [0.25, 0.3) is 0 Å². The zero-order valence-corrected chi connectivity index (χ0v) is 9.06. The normalized spacial score (nSPS) is 8.11. The molecule has 0 fully saturated rings. The number of thiocarbonyl (C=S) groups is 1. The summed E-state index contributed by atoms with van der Waals surface area (Å²) in [5.74, 6) is 0. The van der Waals surface area contributed by atoms with Crippen molar-refractivity contribution in [3.63, 3.8) is 0 Å². The van der Waals surface area contributed by atoms with Crippen molar-refractivity contribution in [1.29, 1.82) is 0 Å². The van der Waals surface area contributed by atoms with Gasteiger partial charge in [-0.1, -0.05) is 0 Å². The van der Waals surface area contributed by atoms with E-state index in [2.05, 4.69) is 18.8 Å². The second-order valence-electron chi connectivity index (χ2n) is 1.45. The average molecular weight is 311 g/mol. The van der Waals surface area contributed by atoms with E-state index in [0.717, 1.165) is 11.4 Å². The summed E-state index contributed by atoms with van der Waals surface area (Å²) in [6.45, 7) is 5.61. The molecule has 0 heterocycles. The summed E-state index contributed by atoms with van der Waals surface area (Å²) in [6.07, 6.45) is 2.65. The Kier molecular flexibility index (Phi) is 5.12. The van der Waals surface area contributed by atoms with Gasteiger partial charge in [0.15, 0.2) is 0 Å². The van der Waals surface area contributed by atoms with Gasteiger partial charge in [0.1, 0.15) is 0 Å². The molecular formula is C6H9NSW. The van der Waals surface area contributed by atoms with Crippen LogP contribution in [0.15, 0.2) is 12.8 Å². The Morgan fingerprint density at radius 1 is 1.89 bits per heavy atom. The van der Waals surface area contributed by atoms with Gasteiger partial charge in [-0.25, -0.2) is 0 Å². The quantitative estimate of drug-likeness (QED) is 0.786. The van der Waals surface area contributed by atoms with Crippen molar-refractivity contribution < 1.29 is 19.4 Å². The predicted octanol–water partition coefficient (Wildman–Crippen LogP) is 1.18. The van der Waals surface area contributed by atoms with Crippen molar-refractivity contribution in [1.82, 2.24) is 5.32 Å². The van der Waals surface area contributed by atoms with Crippen LogP contribution in [0.4, 0.5) is 0 Å². The van der Waals surface area contributed by atoms with Crippen LogP contribution < -0.4 is 5.32 Å². The molecule has 0 unspecified atom stereocenters. The van der Waals surface area contributed by atoms with E-state index in [1.165, 1.54) is 23.3 Å². The van der Waals surface area contributed by atoms with Gasteiger partial charge in [0.05, 0.1) is 0 Å². The van der Waals surface area contributed by atoms with Crippen LogP contribution in [0.25, 0.3) is 0 Å². The molecule has 0 aliphatic carbocycles. The van der Waals surface area contributed by atoms with E-state index in [9.17, 15) is 0 Å². The third-order valence-electron chi connectivity index (χ3n) is 0.808. The minimum atomic E-state index is 0.836. The molecule has 50 valence electrons. The topological polar surface area (TPSA) is 12.0 Å². The zero-order chi connectivity index (χ0) is 7.28. The van der Waals surface area contributed by atoms with Gasteiger partial charge in [-0.3, -0.25) is 0 Å². The van der Waals surface area contributed by atoms with Gasteiger partial charge < -0.3 is 0 Å². The van der Waals surface area contributed by atoms with Gasteiger partial charge in [-0.2, -0.15) is 0 Å². The van der Waals surface area contributed by atoms with Crippen molar-refractivity contribution in [2.45, 2.75) is 13.3 Å². The predicted molar refractivity (Wildman–Crippen MR) is 41.2 cm³/mol. The van der Waals surface area contributed by atoms with Crippen LogP contribution in [0.1, 0.15) is 13.3 Å². The van der Waals surface area contributed by atoms with Gasteiger partial charge in [-0.05, 0) is 0 Å². The molecule has 0 bridgehead atoms. The van der Waals surface area contributed by atoms with Gasteiger partial charge in [0, 0.05) is 0 Å².